The highest BCUT2D eigenvalue weighted by Crippen LogP contribution is 2.22. The normalized spacial score (nSPS) is 13.1. The van der Waals surface area contributed by atoms with E-state index in [1.165, 1.54) is 7.11 Å². The Balaban J connectivity index is 1.92. The molecule has 0 saturated carbocycles. The number of esters is 1. The van der Waals surface area contributed by atoms with E-state index in [1.54, 1.807) is 12.1 Å². The van der Waals surface area contributed by atoms with Gasteiger partial charge in [0.2, 0.25) is 0 Å². The van der Waals surface area contributed by atoms with Crippen LogP contribution in [0.15, 0.2) is 48.5 Å². The molecule has 2 rings (SSSR count). The molecule has 0 fully saturated rings. The molecule has 0 aliphatic carbocycles. The number of halogens is 1. The Morgan fingerprint density at radius 1 is 1.19 bits per heavy atom. The van der Waals surface area contributed by atoms with Crippen LogP contribution in [0.5, 0.6) is 5.75 Å². The lowest BCUT2D eigenvalue weighted by Gasteiger charge is -2.20. The van der Waals surface area contributed by atoms with Crippen molar-refractivity contribution in [3.63, 3.8) is 0 Å². The van der Waals surface area contributed by atoms with E-state index in [9.17, 15) is 9.90 Å². The Morgan fingerprint density at radius 3 is 2.54 bits per heavy atom. The number of benzene rings is 2. The van der Waals surface area contributed by atoms with Crippen molar-refractivity contribution in [1.82, 2.24) is 5.32 Å². The van der Waals surface area contributed by atoms with E-state index >= 15 is 0 Å². The van der Waals surface area contributed by atoms with Gasteiger partial charge in [0.05, 0.1) is 13.2 Å². The summed E-state index contributed by atoms with van der Waals surface area (Å²) in [6.07, 6.45) is 0.232. The number of aliphatic hydroxyl groups is 1. The van der Waals surface area contributed by atoms with Gasteiger partial charge in [0.25, 0.3) is 0 Å². The van der Waals surface area contributed by atoms with E-state index in [2.05, 4.69) is 17.0 Å². The van der Waals surface area contributed by atoms with Crippen molar-refractivity contribution in [2.75, 3.05) is 20.3 Å². The van der Waals surface area contributed by atoms with E-state index in [1.807, 2.05) is 36.4 Å². The molecule has 2 atom stereocenters. The standard InChI is InChI=1S/C20H24ClNO4/c1-3-18(22-12-19(23)15-5-4-6-16(21)11-15)14-7-9-17(10-8-14)26-13-20(24)25-2/h4-11,18-19,22-23H,3,12-13H2,1-2H3. The SMILES string of the molecule is CCC(NCC(O)c1cccc(Cl)c1)c1ccc(OCC(=O)OC)cc1. The Bertz CT molecular complexity index is 705. The summed E-state index contributed by atoms with van der Waals surface area (Å²) in [6.45, 7) is 2.38. The molecular weight excluding hydrogens is 354 g/mol. The van der Waals surface area contributed by atoms with Gasteiger partial charge in [-0.1, -0.05) is 42.8 Å². The van der Waals surface area contributed by atoms with Crippen LogP contribution in [0.1, 0.15) is 36.6 Å². The summed E-state index contributed by atoms with van der Waals surface area (Å²) in [6, 6.07) is 14.8. The van der Waals surface area contributed by atoms with Crippen LogP contribution in [0.2, 0.25) is 5.02 Å². The maximum Gasteiger partial charge on any atom is 0.343 e. The van der Waals surface area contributed by atoms with Gasteiger partial charge in [0.1, 0.15) is 5.75 Å². The van der Waals surface area contributed by atoms with Gasteiger partial charge < -0.3 is 19.9 Å². The minimum absolute atomic E-state index is 0.0958. The highest BCUT2D eigenvalue weighted by Gasteiger charge is 2.13. The molecular formula is C20H24ClNO4. The van der Waals surface area contributed by atoms with Crippen LogP contribution in [0.4, 0.5) is 0 Å². The summed E-state index contributed by atoms with van der Waals surface area (Å²) in [5.74, 6) is 0.185. The predicted octanol–water partition coefficient (Wildman–Crippen LogP) is 3.67. The number of aliphatic hydroxyl groups excluding tert-OH is 1. The van der Waals surface area contributed by atoms with Crippen LogP contribution in [-0.2, 0) is 9.53 Å². The second-order valence-corrected chi connectivity index (χ2v) is 6.31. The molecule has 2 N–H and O–H groups in total. The van der Waals surface area contributed by atoms with Gasteiger partial charge in [-0.25, -0.2) is 4.79 Å². The maximum atomic E-state index is 11.1. The third kappa shape index (κ3) is 6.02. The summed E-state index contributed by atoms with van der Waals surface area (Å²) in [4.78, 5) is 11.1. The lowest BCUT2D eigenvalue weighted by molar-refractivity contribution is -0.142. The zero-order chi connectivity index (χ0) is 18.9. The molecule has 0 bridgehead atoms. The lowest BCUT2D eigenvalue weighted by atomic mass is 10.0. The molecule has 2 aromatic rings. The van der Waals surface area contributed by atoms with Crippen molar-refractivity contribution in [2.45, 2.75) is 25.5 Å². The average molecular weight is 378 g/mol. The predicted molar refractivity (Wildman–Crippen MR) is 101 cm³/mol. The fourth-order valence-electron chi connectivity index (χ4n) is 2.58. The maximum absolute atomic E-state index is 11.1. The zero-order valence-electron chi connectivity index (χ0n) is 14.9. The van der Waals surface area contributed by atoms with Crippen molar-refractivity contribution in [2.24, 2.45) is 0 Å². The quantitative estimate of drug-likeness (QED) is 0.653. The van der Waals surface area contributed by atoms with Gasteiger partial charge in [0, 0.05) is 17.6 Å². The van der Waals surface area contributed by atoms with Crippen molar-refractivity contribution in [3.05, 3.63) is 64.7 Å². The summed E-state index contributed by atoms with van der Waals surface area (Å²) >= 11 is 5.97. The number of nitrogens with one attached hydrogen (secondary N) is 1. The Kier molecular flexibility index (Phi) is 7.91. The molecule has 140 valence electrons. The van der Waals surface area contributed by atoms with Crippen LogP contribution >= 0.6 is 11.6 Å². The second kappa shape index (κ2) is 10.2. The minimum atomic E-state index is -0.634. The molecule has 0 aliphatic rings. The van der Waals surface area contributed by atoms with Crippen molar-refractivity contribution in [1.29, 1.82) is 0 Å². The van der Waals surface area contributed by atoms with Crippen LogP contribution < -0.4 is 10.1 Å². The van der Waals surface area contributed by atoms with Crippen LogP contribution in [0, 0.1) is 0 Å². The van der Waals surface area contributed by atoms with Crippen LogP contribution in [-0.4, -0.2) is 31.3 Å². The highest BCUT2D eigenvalue weighted by molar-refractivity contribution is 6.30. The molecule has 2 unspecified atom stereocenters. The van der Waals surface area contributed by atoms with Gasteiger partial charge in [-0.05, 0) is 41.8 Å². The molecule has 0 aromatic heterocycles. The van der Waals surface area contributed by atoms with Gasteiger partial charge in [-0.15, -0.1) is 0 Å². The fraction of sp³-hybridized carbons (Fsp3) is 0.350. The Hall–Kier alpha value is -2.08. The first-order valence-electron chi connectivity index (χ1n) is 8.50. The average Bonchev–Trinajstić information content (AvgIpc) is 2.67. The molecule has 5 nitrogen and oxygen atoms in total. The smallest absolute Gasteiger partial charge is 0.343 e. The minimum Gasteiger partial charge on any atom is -0.482 e. The highest BCUT2D eigenvalue weighted by atomic mass is 35.5. The molecule has 0 saturated heterocycles. The fourth-order valence-corrected chi connectivity index (χ4v) is 2.78. The Labute approximate surface area is 158 Å². The molecule has 26 heavy (non-hydrogen) atoms. The van der Waals surface area contributed by atoms with Crippen molar-refractivity contribution in [3.8, 4) is 5.75 Å². The first kappa shape index (κ1) is 20.2. The molecule has 0 amide bonds. The molecule has 2 aromatic carbocycles. The zero-order valence-corrected chi connectivity index (χ0v) is 15.7. The molecule has 0 aliphatic heterocycles. The Morgan fingerprint density at radius 2 is 1.92 bits per heavy atom. The van der Waals surface area contributed by atoms with Crippen LogP contribution in [0.25, 0.3) is 0 Å². The van der Waals surface area contributed by atoms with Crippen molar-refractivity contribution < 1.29 is 19.4 Å². The topological polar surface area (TPSA) is 67.8 Å². The van der Waals surface area contributed by atoms with Crippen LogP contribution in [0.3, 0.4) is 0 Å². The molecule has 0 spiro atoms. The summed E-state index contributed by atoms with van der Waals surface area (Å²) in [5.41, 5.74) is 1.86. The number of hydrogen-bond acceptors (Lipinski definition) is 5. The number of carbonyl (C=O) groups excluding carboxylic acids is 1. The number of hydrogen-bond donors (Lipinski definition) is 2. The number of methoxy groups -OCH3 is 1. The largest absolute Gasteiger partial charge is 0.482 e. The van der Waals surface area contributed by atoms with E-state index in [0.717, 1.165) is 17.5 Å². The summed E-state index contributed by atoms with van der Waals surface area (Å²) in [7, 11) is 1.32. The summed E-state index contributed by atoms with van der Waals surface area (Å²) < 4.78 is 9.89. The van der Waals surface area contributed by atoms with Crippen molar-refractivity contribution >= 4 is 17.6 Å². The first-order chi connectivity index (χ1) is 12.5. The number of carbonyl (C=O) groups is 1. The van der Waals surface area contributed by atoms with Gasteiger partial charge in [-0.2, -0.15) is 0 Å². The van der Waals surface area contributed by atoms with Gasteiger partial charge in [-0.3, -0.25) is 0 Å². The van der Waals surface area contributed by atoms with E-state index < -0.39 is 12.1 Å². The first-order valence-corrected chi connectivity index (χ1v) is 8.87. The number of ether oxygens (including phenoxy) is 2. The summed E-state index contributed by atoms with van der Waals surface area (Å²) in [5, 5.41) is 14.3. The second-order valence-electron chi connectivity index (χ2n) is 5.87. The molecule has 0 heterocycles. The van der Waals surface area contributed by atoms with Gasteiger partial charge in [0.15, 0.2) is 6.61 Å². The third-order valence-corrected chi connectivity index (χ3v) is 4.30. The third-order valence-electron chi connectivity index (χ3n) is 4.07. The number of rotatable bonds is 9. The van der Waals surface area contributed by atoms with E-state index in [-0.39, 0.29) is 12.6 Å². The lowest BCUT2D eigenvalue weighted by Crippen LogP contribution is -2.26. The molecule has 0 radical (unpaired) electrons. The molecule has 6 heteroatoms. The monoisotopic (exact) mass is 377 g/mol. The van der Waals surface area contributed by atoms with Gasteiger partial charge >= 0.3 is 5.97 Å². The van der Waals surface area contributed by atoms with E-state index in [0.29, 0.717) is 17.3 Å². The van der Waals surface area contributed by atoms with E-state index in [4.69, 9.17) is 16.3 Å².